The number of aryl methyl sites for hydroxylation is 1. The highest BCUT2D eigenvalue weighted by atomic mass is 31.2. The van der Waals surface area contributed by atoms with Gasteiger partial charge >= 0.3 is 11.7 Å². The first-order valence-electron chi connectivity index (χ1n) is 22.9. The molecule has 0 radical (unpaired) electrons. The van der Waals surface area contributed by atoms with Crippen LogP contribution in [0.25, 0.3) is 4.85 Å². The monoisotopic (exact) mass is 943 g/mol. The van der Waals surface area contributed by atoms with Crippen LogP contribution in [0.5, 0.6) is 11.5 Å². The van der Waals surface area contributed by atoms with E-state index in [4.69, 9.17) is 39.3 Å². The molecule has 0 saturated carbocycles. The summed E-state index contributed by atoms with van der Waals surface area (Å²) in [5.74, 6) is 0.444. The third-order valence-electron chi connectivity index (χ3n) is 11.4. The predicted octanol–water partition coefficient (Wildman–Crippen LogP) is 7.83. The minimum absolute atomic E-state index is 0.0747. The van der Waals surface area contributed by atoms with Crippen molar-refractivity contribution in [3.8, 4) is 11.5 Å². The molecule has 16 nitrogen and oxygen atoms in total. The molecule has 0 spiro atoms. The number of amides is 1. The SMILES string of the molecule is [C-]#[N+]CCOP(OCCCCCCNC(=O)CCC(=O)OC1C[C@H](n2cc(C)c(=O)[nH]c2=O)O[C@@H]1COC(c1ccccc1)(c1ccc(OC)cc1)c1ccc(OC)cc1)N(C(C)C)C(C)C. The van der Waals surface area contributed by atoms with Gasteiger partial charge in [-0.3, -0.25) is 23.9 Å². The summed E-state index contributed by atoms with van der Waals surface area (Å²) in [6.45, 7) is 18.6. The van der Waals surface area contributed by atoms with E-state index in [0.29, 0.717) is 43.4 Å². The first-order chi connectivity index (χ1) is 32.3. The molecule has 1 fully saturated rings. The molecule has 1 aliphatic heterocycles. The average Bonchev–Trinajstić information content (AvgIpc) is 3.72. The quantitative estimate of drug-likeness (QED) is 0.0195. The summed E-state index contributed by atoms with van der Waals surface area (Å²) in [6.07, 6.45) is 1.98. The van der Waals surface area contributed by atoms with Gasteiger partial charge in [0.05, 0.1) is 33.9 Å². The molecular formula is C50H66N5O11P. The third kappa shape index (κ3) is 14.5. The van der Waals surface area contributed by atoms with Crippen molar-refractivity contribution in [1.29, 1.82) is 0 Å². The number of benzene rings is 3. The highest BCUT2D eigenvalue weighted by Gasteiger charge is 2.44. The summed E-state index contributed by atoms with van der Waals surface area (Å²) < 4.78 is 46.2. The fourth-order valence-corrected chi connectivity index (χ4v) is 9.64. The molecule has 3 aromatic carbocycles. The van der Waals surface area contributed by atoms with Gasteiger partial charge in [0.2, 0.25) is 12.5 Å². The van der Waals surface area contributed by atoms with Crippen molar-refractivity contribution >= 4 is 20.4 Å². The number of nitrogens with one attached hydrogen (secondary N) is 2. The Hall–Kier alpha value is -5.40. The zero-order valence-electron chi connectivity index (χ0n) is 39.7. The second-order valence-electron chi connectivity index (χ2n) is 16.8. The number of nitrogens with zero attached hydrogens (tertiary/aromatic N) is 3. The van der Waals surface area contributed by atoms with E-state index in [0.717, 1.165) is 42.4 Å². The van der Waals surface area contributed by atoms with E-state index >= 15 is 0 Å². The van der Waals surface area contributed by atoms with Crippen LogP contribution in [-0.2, 0) is 38.4 Å². The van der Waals surface area contributed by atoms with Crippen LogP contribution in [-0.4, -0.2) is 97.5 Å². The molecule has 2 heterocycles. The molecule has 4 atom stereocenters. The lowest BCUT2D eigenvalue weighted by atomic mass is 9.80. The van der Waals surface area contributed by atoms with Crippen molar-refractivity contribution in [1.82, 2.24) is 19.5 Å². The Morgan fingerprint density at radius 1 is 0.866 bits per heavy atom. The molecule has 1 amide bonds. The summed E-state index contributed by atoms with van der Waals surface area (Å²) >= 11 is 0. The van der Waals surface area contributed by atoms with E-state index in [9.17, 15) is 19.2 Å². The smallest absolute Gasteiger partial charge is 0.330 e. The predicted molar refractivity (Wildman–Crippen MR) is 256 cm³/mol. The Bertz CT molecular complexity index is 2260. The zero-order chi connectivity index (χ0) is 48.3. The van der Waals surface area contributed by atoms with Crippen LogP contribution in [0, 0.1) is 13.5 Å². The average molecular weight is 944 g/mol. The van der Waals surface area contributed by atoms with Crippen molar-refractivity contribution in [2.24, 2.45) is 0 Å². The lowest BCUT2D eigenvalue weighted by molar-refractivity contribution is -0.156. The van der Waals surface area contributed by atoms with E-state index in [2.05, 4.69) is 47.5 Å². The summed E-state index contributed by atoms with van der Waals surface area (Å²) in [6, 6.07) is 25.3. The van der Waals surface area contributed by atoms with Crippen molar-refractivity contribution in [2.45, 2.75) is 116 Å². The molecule has 2 N–H and O–H groups in total. The van der Waals surface area contributed by atoms with Crippen LogP contribution in [0.3, 0.4) is 0 Å². The number of unbranched alkanes of at least 4 members (excludes halogenated alkanes) is 3. The Balaban J connectivity index is 1.22. The minimum Gasteiger partial charge on any atom is -0.497 e. The largest absolute Gasteiger partial charge is 0.497 e. The van der Waals surface area contributed by atoms with Crippen LogP contribution >= 0.6 is 8.53 Å². The Labute approximate surface area is 395 Å². The summed E-state index contributed by atoms with van der Waals surface area (Å²) in [5.41, 5.74) is 0.291. The Morgan fingerprint density at radius 2 is 1.46 bits per heavy atom. The van der Waals surface area contributed by atoms with Crippen molar-refractivity contribution in [3.05, 3.63) is 140 Å². The van der Waals surface area contributed by atoms with E-state index in [1.54, 1.807) is 21.1 Å². The molecule has 1 aromatic heterocycles. The number of esters is 1. The van der Waals surface area contributed by atoms with Gasteiger partial charge in [-0.25, -0.2) is 16.0 Å². The molecule has 0 aliphatic carbocycles. The fraction of sp³-hybridized carbons (Fsp3) is 0.500. The minimum atomic E-state index is -1.27. The number of aromatic nitrogens is 2. The molecule has 0 bridgehead atoms. The molecule has 4 aromatic rings. The zero-order valence-corrected chi connectivity index (χ0v) is 40.6. The maximum atomic E-state index is 13.5. The third-order valence-corrected chi connectivity index (χ3v) is 13.5. The number of rotatable bonds is 27. The standard InChI is InChI=1S/C50H66N5O11P/c1-35(2)55(36(3)4)67(64-31-29-51-6)63-30-15-10-9-14-28-52-45(56)26-27-47(57)66-43-32-46(54-33-37(5)48(58)53-49(54)59)65-44(43)34-62-50(38-16-12-11-13-17-38,39-18-22-41(60-7)23-19-39)40-20-24-42(61-8)25-21-40/h11-13,16-25,33,35-36,43-44,46H,9-10,14-15,26-32,34H2,1-5,7-8H3,(H,52,56)(H,53,58,59)/t43?,44-,46-,67?/m1/s1. The van der Waals surface area contributed by atoms with E-state index in [-0.39, 0.29) is 43.9 Å². The highest BCUT2D eigenvalue weighted by molar-refractivity contribution is 7.44. The number of carbonyl (C=O) groups is 2. The van der Waals surface area contributed by atoms with Crippen LogP contribution < -0.4 is 26.0 Å². The van der Waals surface area contributed by atoms with Gasteiger partial charge in [0.1, 0.15) is 42.1 Å². The number of carbonyl (C=O) groups excluding carboxylic acids is 2. The van der Waals surface area contributed by atoms with Crippen molar-refractivity contribution in [3.63, 3.8) is 0 Å². The van der Waals surface area contributed by atoms with Crippen LogP contribution in [0.15, 0.2) is 94.6 Å². The Morgan fingerprint density at radius 3 is 2.06 bits per heavy atom. The molecule has 5 rings (SSSR count). The molecular weight excluding hydrogens is 878 g/mol. The van der Waals surface area contributed by atoms with Gasteiger partial charge in [0, 0.05) is 43.2 Å². The number of ether oxygens (including phenoxy) is 5. The topological polar surface area (TPSA) is 173 Å². The summed E-state index contributed by atoms with van der Waals surface area (Å²) in [7, 11) is 1.92. The maximum absolute atomic E-state index is 13.5. The van der Waals surface area contributed by atoms with Gasteiger partial charge in [-0.15, -0.1) is 0 Å². The summed E-state index contributed by atoms with van der Waals surface area (Å²) in [4.78, 5) is 57.4. The highest BCUT2D eigenvalue weighted by Crippen LogP contribution is 2.46. The number of hydrogen-bond acceptors (Lipinski definition) is 12. The van der Waals surface area contributed by atoms with Gasteiger partial charge in [-0.05, 0) is 88.4 Å². The van der Waals surface area contributed by atoms with E-state index in [1.807, 2.05) is 78.9 Å². The molecule has 2 unspecified atom stereocenters. The first-order valence-corrected chi connectivity index (χ1v) is 24.0. The maximum Gasteiger partial charge on any atom is 0.330 e. The number of H-pyrrole nitrogens is 1. The molecule has 67 heavy (non-hydrogen) atoms. The van der Waals surface area contributed by atoms with Gasteiger partial charge in [0.25, 0.3) is 14.1 Å². The second kappa shape index (κ2) is 26.2. The number of aromatic amines is 1. The first kappa shape index (κ1) is 52.6. The van der Waals surface area contributed by atoms with E-state index in [1.165, 1.54) is 10.8 Å². The lowest BCUT2D eigenvalue weighted by Crippen LogP contribution is -2.39. The van der Waals surface area contributed by atoms with E-state index < -0.39 is 49.8 Å². The fourth-order valence-electron chi connectivity index (χ4n) is 8.02. The normalized spacial score (nSPS) is 16.5. The Kier molecular flexibility index (Phi) is 20.6. The van der Waals surface area contributed by atoms with Gasteiger partial charge < -0.3 is 42.9 Å². The van der Waals surface area contributed by atoms with Gasteiger partial charge in [0.15, 0.2) is 0 Å². The lowest BCUT2D eigenvalue weighted by Gasteiger charge is -2.37. The molecule has 362 valence electrons. The van der Waals surface area contributed by atoms with Crippen LogP contribution in [0.1, 0.15) is 101 Å². The number of hydrogen-bond donors (Lipinski definition) is 2. The second-order valence-corrected chi connectivity index (χ2v) is 18.3. The molecule has 1 saturated heterocycles. The van der Waals surface area contributed by atoms with Crippen LogP contribution in [0.2, 0.25) is 0 Å². The van der Waals surface area contributed by atoms with Gasteiger partial charge in [-0.1, -0.05) is 67.4 Å². The summed E-state index contributed by atoms with van der Waals surface area (Å²) in [5, 5.41) is 2.91. The van der Waals surface area contributed by atoms with Crippen LogP contribution in [0.4, 0.5) is 0 Å². The van der Waals surface area contributed by atoms with Crippen molar-refractivity contribution < 1.29 is 42.3 Å². The number of methoxy groups -OCH3 is 2. The molecule has 17 heteroatoms. The van der Waals surface area contributed by atoms with Crippen molar-refractivity contribution in [2.75, 3.05) is 47.1 Å². The van der Waals surface area contributed by atoms with Gasteiger partial charge in [-0.2, -0.15) is 0 Å². The molecule has 1 aliphatic rings.